The number of anilines is 2. The molecule has 0 bridgehead atoms. The van der Waals surface area contributed by atoms with Crippen LogP contribution in [0.25, 0.3) is 0 Å². The van der Waals surface area contributed by atoms with Gasteiger partial charge in [-0.25, -0.2) is 4.79 Å². The van der Waals surface area contributed by atoms with Crippen LogP contribution in [0.5, 0.6) is 0 Å². The van der Waals surface area contributed by atoms with E-state index in [0.717, 1.165) is 12.8 Å². The van der Waals surface area contributed by atoms with Crippen molar-refractivity contribution in [1.29, 1.82) is 0 Å². The van der Waals surface area contributed by atoms with E-state index >= 15 is 0 Å². The summed E-state index contributed by atoms with van der Waals surface area (Å²) in [5, 5.41) is 3.77. The van der Waals surface area contributed by atoms with Crippen molar-refractivity contribution in [3.8, 4) is 0 Å². The zero-order chi connectivity index (χ0) is 14.6. The topological polar surface area (TPSA) is 64.3 Å². The van der Waals surface area contributed by atoms with Crippen molar-refractivity contribution in [3.05, 3.63) is 22.7 Å². The van der Waals surface area contributed by atoms with E-state index in [1.165, 1.54) is 7.11 Å². The highest BCUT2D eigenvalue weighted by Crippen LogP contribution is 2.33. The van der Waals surface area contributed by atoms with Crippen molar-refractivity contribution in [2.24, 2.45) is 0 Å². The lowest BCUT2D eigenvalue weighted by atomic mass is 9.94. The van der Waals surface area contributed by atoms with E-state index in [1.807, 2.05) is 0 Å². The third kappa shape index (κ3) is 3.53. The van der Waals surface area contributed by atoms with Crippen LogP contribution < -0.4 is 11.1 Å². The summed E-state index contributed by atoms with van der Waals surface area (Å²) in [4.78, 5) is 11.8. The van der Waals surface area contributed by atoms with E-state index in [-0.39, 0.29) is 5.54 Å². The fourth-order valence-corrected chi connectivity index (χ4v) is 2.03. The van der Waals surface area contributed by atoms with Gasteiger partial charge in [0.1, 0.15) is 0 Å². The predicted molar refractivity (Wildman–Crippen MR) is 79.8 cm³/mol. The molecule has 4 nitrogen and oxygen atoms in total. The number of halogens is 1. The van der Waals surface area contributed by atoms with Crippen molar-refractivity contribution in [1.82, 2.24) is 0 Å². The smallest absolute Gasteiger partial charge is 0.340 e. The van der Waals surface area contributed by atoms with Gasteiger partial charge in [-0.2, -0.15) is 0 Å². The first-order chi connectivity index (χ1) is 8.86. The molecule has 0 unspecified atom stereocenters. The zero-order valence-corrected chi connectivity index (χ0v) is 12.6. The average Bonchev–Trinajstić information content (AvgIpc) is 2.40. The summed E-state index contributed by atoms with van der Waals surface area (Å²) in [5.74, 6) is -0.453. The van der Waals surface area contributed by atoms with E-state index in [9.17, 15) is 4.79 Å². The summed E-state index contributed by atoms with van der Waals surface area (Å²) < 4.78 is 4.78. The molecule has 0 heterocycles. The Balaban J connectivity index is 3.29. The summed E-state index contributed by atoms with van der Waals surface area (Å²) in [6.07, 6.45) is 1.82. The van der Waals surface area contributed by atoms with Crippen LogP contribution in [-0.4, -0.2) is 18.6 Å². The van der Waals surface area contributed by atoms with Crippen LogP contribution in [0.3, 0.4) is 0 Å². The molecule has 0 saturated carbocycles. The number of carbonyl (C=O) groups is 1. The van der Waals surface area contributed by atoms with Crippen LogP contribution in [0.1, 0.15) is 44.0 Å². The van der Waals surface area contributed by atoms with E-state index in [0.29, 0.717) is 22.0 Å². The molecule has 0 saturated heterocycles. The summed E-state index contributed by atoms with van der Waals surface area (Å²) >= 11 is 6.21. The van der Waals surface area contributed by atoms with Gasteiger partial charge in [0.25, 0.3) is 0 Å². The number of nitrogens with one attached hydrogen (secondary N) is 1. The normalized spacial score (nSPS) is 11.2. The third-order valence-corrected chi connectivity index (χ3v) is 3.80. The molecule has 0 aliphatic carbocycles. The van der Waals surface area contributed by atoms with Gasteiger partial charge in [0.2, 0.25) is 0 Å². The molecule has 0 atom stereocenters. The molecule has 0 spiro atoms. The molecule has 1 aromatic carbocycles. The van der Waals surface area contributed by atoms with Gasteiger partial charge in [-0.15, -0.1) is 0 Å². The largest absolute Gasteiger partial charge is 0.465 e. The molecule has 0 radical (unpaired) electrons. The summed E-state index contributed by atoms with van der Waals surface area (Å²) in [6.45, 7) is 6.25. The first-order valence-corrected chi connectivity index (χ1v) is 6.70. The zero-order valence-electron chi connectivity index (χ0n) is 11.8. The number of hydrogen-bond donors (Lipinski definition) is 2. The van der Waals surface area contributed by atoms with Gasteiger partial charge < -0.3 is 15.8 Å². The van der Waals surface area contributed by atoms with Crippen molar-refractivity contribution in [2.75, 3.05) is 18.2 Å². The number of methoxy groups -OCH3 is 1. The number of rotatable bonds is 5. The summed E-state index contributed by atoms with van der Waals surface area (Å²) in [7, 11) is 1.34. The molecule has 19 heavy (non-hydrogen) atoms. The molecule has 1 aromatic rings. The Morgan fingerprint density at radius 2 is 2.00 bits per heavy atom. The monoisotopic (exact) mass is 284 g/mol. The molecule has 1 rings (SSSR count). The van der Waals surface area contributed by atoms with E-state index in [1.54, 1.807) is 12.1 Å². The Kier molecular flexibility index (Phi) is 5.06. The lowest BCUT2D eigenvalue weighted by molar-refractivity contribution is 0.0601. The van der Waals surface area contributed by atoms with Crippen LogP contribution in [0, 0.1) is 0 Å². The second kappa shape index (κ2) is 6.15. The molecule has 106 valence electrons. The molecule has 0 fully saturated rings. The van der Waals surface area contributed by atoms with Crippen molar-refractivity contribution in [3.63, 3.8) is 0 Å². The van der Waals surface area contributed by atoms with Gasteiger partial charge in [-0.1, -0.05) is 25.4 Å². The lowest BCUT2D eigenvalue weighted by Crippen LogP contribution is -2.34. The van der Waals surface area contributed by atoms with E-state index in [2.05, 4.69) is 26.1 Å². The fourth-order valence-electron chi connectivity index (χ4n) is 1.75. The molecular weight excluding hydrogens is 264 g/mol. The Hall–Kier alpha value is -1.42. The minimum absolute atomic E-state index is 0.136. The van der Waals surface area contributed by atoms with Gasteiger partial charge in [0, 0.05) is 11.2 Å². The number of carbonyl (C=O) groups excluding carboxylic acids is 1. The van der Waals surface area contributed by atoms with Gasteiger partial charge in [0.15, 0.2) is 0 Å². The fraction of sp³-hybridized carbons (Fsp3) is 0.500. The third-order valence-electron chi connectivity index (χ3n) is 3.51. The second-order valence-electron chi connectivity index (χ2n) is 4.81. The number of nitrogens with two attached hydrogens (primary N) is 1. The SMILES string of the molecule is CCC(C)(CC)Nc1c(Cl)cc(N)cc1C(=O)OC. The lowest BCUT2D eigenvalue weighted by Gasteiger charge is -2.31. The number of nitrogen functional groups attached to an aromatic ring is 1. The second-order valence-corrected chi connectivity index (χ2v) is 5.22. The first kappa shape index (κ1) is 15.6. The molecule has 0 amide bonds. The molecule has 0 aromatic heterocycles. The van der Waals surface area contributed by atoms with Gasteiger partial charge >= 0.3 is 5.97 Å². The van der Waals surface area contributed by atoms with Gasteiger partial charge in [0.05, 0.1) is 23.4 Å². The summed E-state index contributed by atoms with van der Waals surface area (Å²) in [5.41, 5.74) is 6.97. The van der Waals surface area contributed by atoms with E-state index in [4.69, 9.17) is 22.1 Å². The maximum atomic E-state index is 11.8. The highest BCUT2D eigenvalue weighted by molar-refractivity contribution is 6.34. The molecule has 3 N–H and O–H groups in total. The first-order valence-electron chi connectivity index (χ1n) is 6.32. The minimum Gasteiger partial charge on any atom is -0.465 e. The van der Waals surface area contributed by atoms with E-state index < -0.39 is 5.97 Å². The van der Waals surface area contributed by atoms with Crippen molar-refractivity contribution < 1.29 is 9.53 Å². The maximum Gasteiger partial charge on any atom is 0.340 e. The molecular formula is C14H21ClN2O2. The molecule has 0 aliphatic heterocycles. The van der Waals surface area contributed by atoms with Crippen LogP contribution in [-0.2, 0) is 4.74 Å². The quantitative estimate of drug-likeness (QED) is 0.639. The predicted octanol–water partition coefficient (Wildman–Crippen LogP) is 3.70. The van der Waals surface area contributed by atoms with Gasteiger partial charge in [-0.05, 0) is 31.9 Å². The number of hydrogen-bond acceptors (Lipinski definition) is 4. The molecule has 5 heteroatoms. The Morgan fingerprint density at radius 3 is 2.47 bits per heavy atom. The molecule has 0 aliphatic rings. The maximum absolute atomic E-state index is 11.8. The highest BCUT2D eigenvalue weighted by Gasteiger charge is 2.24. The highest BCUT2D eigenvalue weighted by atomic mass is 35.5. The summed E-state index contributed by atoms with van der Waals surface area (Å²) in [6, 6.07) is 3.20. The van der Waals surface area contributed by atoms with Gasteiger partial charge in [-0.3, -0.25) is 0 Å². The van der Waals surface area contributed by atoms with Crippen molar-refractivity contribution >= 4 is 28.9 Å². The van der Waals surface area contributed by atoms with Crippen LogP contribution in [0.15, 0.2) is 12.1 Å². The average molecular weight is 285 g/mol. The standard InChI is InChI=1S/C14H21ClN2O2/c1-5-14(3,6-2)17-12-10(13(18)19-4)7-9(16)8-11(12)15/h7-8,17H,5-6,16H2,1-4H3. The van der Waals surface area contributed by atoms with Crippen LogP contribution in [0.4, 0.5) is 11.4 Å². The minimum atomic E-state index is -0.453. The van der Waals surface area contributed by atoms with Crippen LogP contribution in [0.2, 0.25) is 5.02 Å². The van der Waals surface area contributed by atoms with Crippen LogP contribution >= 0.6 is 11.6 Å². The Labute approximate surface area is 119 Å². The number of benzene rings is 1. The number of esters is 1. The Morgan fingerprint density at radius 1 is 1.42 bits per heavy atom. The van der Waals surface area contributed by atoms with Crippen molar-refractivity contribution in [2.45, 2.75) is 39.2 Å². The number of ether oxygens (including phenoxy) is 1. The Bertz CT molecular complexity index is 471.